The number of pyridine rings is 1. The van der Waals surface area contributed by atoms with Gasteiger partial charge in [-0.15, -0.1) is 0 Å². The molecule has 0 saturated heterocycles. The molecule has 0 aliphatic rings. The van der Waals surface area contributed by atoms with E-state index in [0.29, 0.717) is 29.3 Å². The van der Waals surface area contributed by atoms with Crippen molar-refractivity contribution in [1.29, 1.82) is 0 Å². The Labute approximate surface area is 179 Å². The van der Waals surface area contributed by atoms with E-state index < -0.39 is 0 Å². The molecule has 8 heteroatoms. The first kappa shape index (κ1) is 20.2. The molecule has 4 rings (SSSR count). The fraction of sp³-hybridized carbons (Fsp3) is 0.174. The third-order valence-corrected chi connectivity index (χ3v) is 4.75. The number of hydrogen-bond acceptors (Lipinski definition) is 7. The van der Waals surface area contributed by atoms with Gasteiger partial charge >= 0.3 is 0 Å². The molecule has 0 saturated carbocycles. The van der Waals surface area contributed by atoms with Crippen molar-refractivity contribution in [2.45, 2.75) is 26.4 Å². The molecule has 0 amide bonds. The summed E-state index contributed by atoms with van der Waals surface area (Å²) in [5.74, 6) is 0.696. The highest BCUT2D eigenvalue weighted by atomic mass is 16.1. The second-order valence-electron chi connectivity index (χ2n) is 7.32. The van der Waals surface area contributed by atoms with E-state index in [0.717, 1.165) is 11.1 Å². The number of nitrogen functional groups attached to an aromatic ring is 1. The minimum absolute atomic E-state index is 0.0875. The van der Waals surface area contributed by atoms with Gasteiger partial charge in [-0.1, -0.05) is 30.3 Å². The molecule has 0 fully saturated rings. The zero-order valence-electron chi connectivity index (χ0n) is 17.4. The molecule has 3 N–H and O–H groups in total. The van der Waals surface area contributed by atoms with E-state index in [9.17, 15) is 4.79 Å². The van der Waals surface area contributed by atoms with Crippen LogP contribution in [0.1, 0.15) is 25.5 Å². The van der Waals surface area contributed by atoms with Gasteiger partial charge < -0.3 is 11.1 Å². The minimum atomic E-state index is -0.164. The van der Waals surface area contributed by atoms with Crippen LogP contribution in [-0.2, 0) is 6.54 Å². The fourth-order valence-corrected chi connectivity index (χ4v) is 3.27. The van der Waals surface area contributed by atoms with Gasteiger partial charge in [0.2, 0.25) is 5.95 Å². The van der Waals surface area contributed by atoms with Gasteiger partial charge in [0.1, 0.15) is 5.82 Å². The Morgan fingerprint density at radius 3 is 2.45 bits per heavy atom. The van der Waals surface area contributed by atoms with Crippen LogP contribution in [0.15, 0.2) is 71.8 Å². The van der Waals surface area contributed by atoms with Crippen molar-refractivity contribution in [3.05, 3.63) is 82.9 Å². The van der Waals surface area contributed by atoms with E-state index in [1.807, 2.05) is 56.3 Å². The molecule has 0 unspecified atom stereocenters. The summed E-state index contributed by atoms with van der Waals surface area (Å²) in [4.78, 5) is 25.3. The summed E-state index contributed by atoms with van der Waals surface area (Å²) >= 11 is 0. The number of nitrogens with zero attached hydrogens (tertiary/aromatic N) is 5. The van der Waals surface area contributed by atoms with E-state index in [1.54, 1.807) is 18.5 Å². The molecule has 0 bridgehead atoms. The Bertz CT molecular complexity index is 1240. The Morgan fingerprint density at radius 2 is 1.74 bits per heavy atom. The van der Waals surface area contributed by atoms with Gasteiger partial charge in [-0.25, -0.2) is 9.67 Å². The number of nitrogens with two attached hydrogens (primary N) is 1. The van der Waals surface area contributed by atoms with Crippen LogP contribution in [-0.4, -0.2) is 24.7 Å². The number of aromatic nitrogens is 5. The van der Waals surface area contributed by atoms with Crippen LogP contribution in [0, 0.1) is 0 Å². The van der Waals surface area contributed by atoms with E-state index >= 15 is 0 Å². The van der Waals surface area contributed by atoms with Crippen molar-refractivity contribution in [3.63, 3.8) is 0 Å². The average Bonchev–Trinajstić information content (AvgIpc) is 2.79. The molecule has 0 aliphatic heterocycles. The summed E-state index contributed by atoms with van der Waals surface area (Å²) in [6.45, 7) is 4.35. The lowest BCUT2D eigenvalue weighted by atomic mass is 10.0. The molecule has 0 spiro atoms. The molecule has 31 heavy (non-hydrogen) atoms. The zero-order valence-corrected chi connectivity index (χ0v) is 17.4. The molecule has 0 radical (unpaired) electrons. The van der Waals surface area contributed by atoms with Crippen LogP contribution in [0.2, 0.25) is 0 Å². The summed E-state index contributed by atoms with van der Waals surface area (Å²) in [6.07, 6.45) is 3.48. The van der Waals surface area contributed by atoms with Crippen molar-refractivity contribution < 1.29 is 0 Å². The molecule has 0 aliphatic carbocycles. The Kier molecular flexibility index (Phi) is 5.70. The molecule has 0 atom stereocenters. The lowest BCUT2D eigenvalue weighted by Gasteiger charge is -2.17. The molecular formula is C23H23N7O. The van der Waals surface area contributed by atoms with Crippen molar-refractivity contribution in [2.24, 2.45) is 0 Å². The molecule has 3 heterocycles. The van der Waals surface area contributed by atoms with E-state index in [-0.39, 0.29) is 17.5 Å². The standard InChI is InChI=1S/C23H23N7O/c1-15(2)30-19(31)9-8-18(29-30)20-21(17-6-4-3-5-7-17)27-23(24)28-22(20)26-14-16-10-12-25-13-11-16/h3-13,15H,14H2,1-2H3,(H3,24,26,27,28). The van der Waals surface area contributed by atoms with Crippen LogP contribution < -0.4 is 16.6 Å². The van der Waals surface area contributed by atoms with Gasteiger partial charge in [-0.05, 0) is 37.6 Å². The average molecular weight is 413 g/mol. The third-order valence-electron chi connectivity index (χ3n) is 4.75. The van der Waals surface area contributed by atoms with Gasteiger partial charge in [0.25, 0.3) is 5.56 Å². The van der Waals surface area contributed by atoms with Crippen LogP contribution in [0.5, 0.6) is 0 Å². The van der Waals surface area contributed by atoms with Crippen molar-refractivity contribution in [2.75, 3.05) is 11.1 Å². The van der Waals surface area contributed by atoms with Crippen molar-refractivity contribution in [3.8, 4) is 22.5 Å². The second-order valence-corrected chi connectivity index (χ2v) is 7.32. The van der Waals surface area contributed by atoms with E-state index in [4.69, 9.17) is 5.73 Å². The lowest BCUT2D eigenvalue weighted by Crippen LogP contribution is -2.24. The maximum atomic E-state index is 12.3. The van der Waals surface area contributed by atoms with E-state index in [1.165, 1.54) is 10.7 Å². The predicted octanol–water partition coefficient (Wildman–Crippen LogP) is 3.54. The van der Waals surface area contributed by atoms with Gasteiger partial charge in [0, 0.05) is 30.6 Å². The molecule has 1 aromatic carbocycles. The molecular weight excluding hydrogens is 390 g/mol. The number of rotatable bonds is 6. The number of anilines is 2. The maximum absolute atomic E-state index is 12.3. The summed E-state index contributed by atoms with van der Waals surface area (Å²) in [5.41, 5.74) is 9.74. The SMILES string of the molecule is CC(C)n1nc(-c2c(NCc3ccncc3)nc(N)nc2-c2ccccc2)ccc1=O. The highest BCUT2D eigenvalue weighted by molar-refractivity contribution is 5.87. The Balaban J connectivity index is 1.89. The van der Waals surface area contributed by atoms with Crippen molar-refractivity contribution in [1.82, 2.24) is 24.7 Å². The summed E-state index contributed by atoms with van der Waals surface area (Å²) in [7, 11) is 0. The van der Waals surface area contributed by atoms with Crippen LogP contribution in [0.4, 0.5) is 11.8 Å². The highest BCUT2D eigenvalue weighted by Crippen LogP contribution is 2.35. The van der Waals surface area contributed by atoms with Crippen LogP contribution in [0.25, 0.3) is 22.5 Å². The first-order chi connectivity index (χ1) is 15.0. The molecule has 4 aromatic rings. The topological polar surface area (TPSA) is 112 Å². The largest absolute Gasteiger partial charge is 0.368 e. The third kappa shape index (κ3) is 4.42. The quantitative estimate of drug-likeness (QED) is 0.497. The summed E-state index contributed by atoms with van der Waals surface area (Å²) < 4.78 is 1.45. The van der Waals surface area contributed by atoms with E-state index in [2.05, 4.69) is 25.4 Å². The summed E-state index contributed by atoms with van der Waals surface area (Å²) in [6, 6.07) is 16.7. The van der Waals surface area contributed by atoms with Crippen molar-refractivity contribution >= 4 is 11.8 Å². The predicted molar refractivity (Wildman–Crippen MR) is 121 cm³/mol. The fourth-order valence-electron chi connectivity index (χ4n) is 3.27. The number of benzene rings is 1. The second kappa shape index (κ2) is 8.74. The smallest absolute Gasteiger partial charge is 0.267 e. The highest BCUT2D eigenvalue weighted by Gasteiger charge is 2.19. The lowest BCUT2D eigenvalue weighted by molar-refractivity contribution is 0.505. The number of nitrogens with one attached hydrogen (secondary N) is 1. The van der Waals surface area contributed by atoms with Crippen LogP contribution in [0.3, 0.4) is 0 Å². The van der Waals surface area contributed by atoms with Gasteiger partial charge in [-0.3, -0.25) is 9.78 Å². The maximum Gasteiger partial charge on any atom is 0.267 e. The van der Waals surface area contributed by atoms with Gasteiger partial charge in [0.15, 0.2) is 0 Å². The zero-order chi connectivity index (χ0) is 21.8. The minimum Gasteiger partial charge on any atom is -0.368 e. The molecule has 8 nitrogen and oxygen atoms in total. The normalized spacial score (nSPS) is 10.9. The molecule has 3 aromatic heterocycles. The molecule has 156 valence electrons. The first-order valence-electron chi connectivity index (χ1n) is 9.99. The van der Waals surface area contributed by atoms with Gasteiger partial charge in [-0.2, -0.15) is 10.1 Å². The Morgan fingerprint density at radius 1 is 1.00 bits per heavy atom. The summed E-state index contributed by atoms with van der Waals surface area (Å²) in [5, 5.41) is 7.96. The Hall–Kier alpha value is -4.07. The number of hydrogen-bond donors (Lipinski definition) is 2. The first-order valence-corrected chi connectivity index (χ1v) is 9.99. The van der Waals surface area contributed by atoms with Crippen LogP contribution >= 0.6 is 0 Å². The monoisotopic (exact) mass is 413 g/mol. The van der Waals surface area contributed by atoms with Gasteiger partial charge in [0.05, 0.1) is 23.0 Å².